The molecule has 4 nitrogen and oxygen atoms in total. The second kappa shape index (κ2) is 9.60. The minimum atomic E-state index is -0.979. The molecular weight excluding hydrogens is 479 g/mol. The molecule has 0 bridgehead atoms. The number of benzene rings is 4. The van der Waals surface area contributed by atoms with E-state index in [0.717, 1.165) is 60.6 Å². The second-order valence-electron chi connectivity index (χ2n) is 11.0. The second-order valence-corrected chi connectivity index (χ2v) is 11.0. The fraction of sp³-hybridized carbons (Fsp3) is 0.176. The summed E-state index contributed by atoms with van der Waals surface area (Å²) >= 11 is 0. The molecular formula is C34H30BN2O2. The van der Waals surface area contributed by atoms with Gasteiger partial charge in [-0.05, 0) is 57.3 Å². The average Bonchev–Trinajstić information content (AvgIpc) is 2.95. The van der Waals surface area contributed by atoms with Gasteiger partial charge >= 0.3 is 7.48 Å². The Morgan fingerprint density at radius 3 is 2.03 bits per heavy atom. The number of aliphatic hydroxyl groups is 1. The molecule has 2 heterocycles. The molecule has 4 aromatic carbocycles. The highest BCUT2D eigenvalue weighted by Gasteiger charge is 2.35. The SMILES string of the molecule is CC(C)(O)C(C)(C)O[B]c1ccc(-c2nc3ccccc3c3ccc4nc(-c5ccccc5)ccc4c23)cc1. The average molecular weight is 509 g/mol. The van der Waals surface area contributed by atoms with Gasteiger partial charge in [0.05, 0.1) is 33.6 Å². The molecule has 2 aromatic heterocycles. The molecule has 39 heavy (non-hydrogen) atoms. The van der Waals surface area contributed by atoms with Crippen molar-refractivity contribution >= 4 is 45.5 Å². The number of nitrogens with zero attached hydrogens (tertiary/aromatic N) is 2. The Bertz CT molecular complexity index is 1810. The van der Waals surface area contributed by atoms with Crippen LogP contribution in [0.5, 0.6) is 0 Å². The topological polar surface area (TPSA) is 55.2 Å². The van der Waals surface area contributed by atoms with Crippen LogP contribution in [0.1, 0.15) is 27.7 Å². The summed E-state index contributed by atoms with van der Waals surface area (Å²) in [6, 6.07) is 35.3. The molecule has 6 aromatic rings. The van der Waals surface area contributed by atoms with E-state index in [2.05, 4.69) is 66.7 Å². The number of para-hydroxylation sites is 1. The zero-order valence-electron chi connectivity index (χ0n) is 22.6. The minimum absolute atomic E-state index is 0.730. The van der Waals surface area contributed by atoms with E-state index in [1.807, 2.05) is 50.2 Å². The first-order chi connectivity index (χ1) is 18.7. The molecule has 0 atom stereocenters. The molecule has 0 saturated carbocycles. The fourth-order valence-corrected chi connectivity index (χ4v) is 4.72. The normalized spacial score (nSPS) is 12.3. The molecule has 0 aliphatic carbocycles. The van der Waals surface area contributed by atoms with Crippen LogP contribution in [0.15, 0.2) is 103 Å². The zero-order valence-corrected chi connectivity index (χ0v) is 22.6. The van der Waals surface area contributed by atoms with E-state index >= 15 is 0 Å². The monoisotopic (exact) mass is 509 g/mol. The van der Waals surface area contributed by atoms with E-state index in [9.17, 15) is 5.11 Å². The van der Waals surface area contributed by atoms with Gasteiger partial charge in [0.25, 0.3) is 0 Å². The summed E-state index contributed by atoms with van der Waals surface area (Å²) in [4.78, 5) is 10.2. The highest BCUT2D eigenvalue weighted by Crippen LogP contribution is 2.37. The molecule has 0 aliphatic rings. The third-order valence-corrected chi connectivity index (χ3v) is 7.75. The van der Waals surface area contributed by atoms with Crippen molar-refractivity contribution in [3.8, 4) is 22.5 Å². The van der Waals surface area contributed by atoms with Crippen molar-refractivity contribution in [3.63, 3.8) is 0 Å². The van der Waals surface area contributed by atoms with E-state index in [4.69, 9.17) is 14.6 Å². The van der Waals surface area contributed by atoms with E-state index in [0.29, 0.717) is 0 Å². The van der Waals surface area contributed by atoms with Crippen LogP contribution in [-0.2, 0) is 4.65 Å². The molecule has 0 fully saturated rings. The van der Waals surface area contributed by atoms with Gasteiger partial charge in [-0.25, -0.2) is 9.97 Å². The van der Waals surface area contributed by atoms with Crippen LogP contribution in [0.3, 0.4) is 0 Å². The molecule has 6 rings (SSSR count). The molecule has 1 N–H and O–H groups in total. The highest BCUT2D eigenvalue weighted by molar-refractivity contribution is 6.47. The molecule has 5 heteroatoms. The van der Waals surface area contributed by atoms with Crippen LogP contribution in [0.4, 0.5) is 0 Å². The predicted octanol–water partition coefficient (Wildman–Crippen LogP) is 7.08. The lowest BCUT2D eigenvalue weighted by molar-refractivity contribution is -0.0893. The summed E-state index contributed by atoms with van der Waals surface area (Å²) in [6.07, 6.45) is 0. The summed E-state index contributed by atoms with van der Waals surface area (Å²) in [6.45, 7) is 7.27. The number of aromatic nitrogens is 2. The standard InChI is InChI=1S/C34H30BN2O2/c1-33(2,38)34(3,4)39-35-24-16-14-23(15-17-24)32-31-26(25-12-8-9-13-29(25)37-32)18-21-30-27(31)19-20-28(36-30)22-10-6-5-7-11-22/h5-21,38H,1-4H3. The van der Waals surface area contributed by atoms with Crippen molar-refractivity contribution in [2.24, 2.45) is 0 Å². The summed E-state index contributed by atoms with van der Waals surface area (Å²) in [5, 5.41) is 14.9. The zero-order chi connectivity index (χ0) is 27.2. The Morgan fingerprint density at radius 2 is 1.28 bits per heavy atom. The minimum Gasteiger partial charge on any atom is -0.427 e. The van der Waals surface area contributed by atoms with Gasteiger partial charge in [0, 0.05) is 27.3 Å². The summed E-state index contributed by atoms with van der Waals surface area (Å²) in [5.41, 5.74) is 5.09. The third kappa shape index (κ3) is 4.69. The molecule has 0 saturated heterocycles. The van der Waals surface area contributed by atoms with Crippen LogP contribution >= 0.6 is 0 Å². The summed E-state index contributed by atoms with van der Waals surface area (Å²) < 4.78 is 5.96. The van der Waals surface area contributed by atoms with E-state index < -0.39 is 11.2 Å². The maximum atomic E-state index is 10.4. The molecule has 1 radical (unpaired) electrons. The summed E-state index contributed by atoms with van der Waals surface area (Å²) in [7, 11) is 1.71. The molecule has 0 spiro atoms. The Labute approximate surface area is 229 Å². The lowest BCUT2D eigenvalue weighted by Crippen LogP contribution is -2.49. The van der Waals surface area contributed by atoms with Crippen LogP contribution in [0, 0.1) is 0 Å². The van der Waals surface area contributed by atoms with Crippen molar-refractivity contribution in [1.29, 1.82) is 0 Å². The third-order valence-electron chi connectivity index (χ3n) is 7.75. The van der Waals surface area contributed by atoms with Gasteiger partial charge in [0.1, 0.15) is 0 Å². The van der Waals surface area contributed by atoms with Gasteiger partial charge < -0.3 is 9.76 Å². The molecule has 191 valence electrons. The first-order valence-electron chi connectivity index (χ1n) is 13.2. The fourth-order valence-electron chi connectivity index (χ4n) is 4.72. The first kappa shape index (κ1) is 25.2. The molecule has 0 unspecified atom stereocenters. The van der Waals surface area contributed by atoms with Crippen LogP contribution < -0.4 is 5.46 Å². The van der Waals surface area contributed by atoms with Gasteiger partial charge in [-0.3, -0.25) is 0 Å². The number of hydrogen-bond acceptors (Lipinski definition) is 4. The lowest BCUT2D eigenvalue weighted by atomic mass is 9.82. The van der Waals surface area contributed by atoms with Gasteiger partial charge in [0.15, 0.2) is 0 Å². The number of hydrogen-bond donors (Lipinski definition) is 1. The van der Waals surface area contributed by atoms with Crippen LogP contribution in [-0.4, -0.2) is 33.8 Å². The van der Waals surface area contributed by atoms with Crippen molar-refractivity contribution < 1.29 is 9.76 Å². The van der Waals surface area contributed by atoms with Gasteiger partial charge in [0.2, 0.25) is 0 Å². The quantitative estimate of drug-likeness (QED) is 0.193. The highest BCUT2D eigenvalue weighted by atomic mass is 16.5. The van der Waals surface area contributed by atoms with Crippen molar-refractivity contribution in [2.75, 3.05) is 0 Å². The predicted molar refractivity (Wildman–Crippen MR) is 162 cm³/mol. The largest absolute Gasteiger partial charge is 0.427 e. The maximum Gasteiger partial charge on any atom is 0.330 e. The molecule has 0 amide bonds. The molecule has 0 aliphatic heterocycles. The van der Waals surface area contributed by atoms with Crippen molar-refractivity contribution in [1.82, 2.24) is 9.97 Å². The van der Waals surface area contributed by atoms with Crippen LogP contribution in [0.25, 0.3) is 55.1 Å². The first-order valence-corrected chi connectivity index (χ1v) is 13.2. The van der Waals surface area contributed by atoms with Crippen molar-refractivity contribution in [2.45, 2.75) is 38.9 Å². The lowest BCUT2D eigenvalue weighted by Gasteiger charge is -2.37. The summed E-state index contributed by atoms with van der Waals surface area (Å²) in [5.74, 6) is 0. The van der Waals surface area contributed by atoms with Gasteiger partial charge in [-0.15, -0.1) is 0 Å². The van der Waals surface area contributed by atoms with E-state index in [-0.39, 0.29) is 0 Å². The number of fused-ring (bicyclic) bond motifs is 5. The van der Waals surface area contributed by atoms with Gasteiger partial charge in [-0.1, -0.05) is 84.3 Å². The number of rotatable bonds is 6. The van der Waals surface area contributed by atoms with Crippen molar-refractivity contribution in [3.05, 3.63) is 103 Å². The maximum absolute atomic E-state index is 10.4. The van der Waals surface area contributed by atoms with E-state index in [1.54, 1.807) is 21.3 Å². The Morgan fingerprint density at radius 1 is 0.615 bits per heavy atom. The van der Waals surface area contributed by atoms with Crippen LogP contribution in [0.2, 0.25) is 0 Å². The van der Waals surface area contributed by atoms with Gasteiger partial charge in [-0.2, -0.15) is 0 Å². The smallest absolute Gasteiger partial charge is 0.330 e. The number of pyridine rings is 2. The Balaban J connectivity index is 1.47. The Kier molecular flexibility index (Phi) is 6.21. The Hall–Kier alpha value is -4.06. The van der Waals surface area contributed by atoms with E-state index in [1.165, 1.54) is 0 Å².